The maximum Gasteiger partial charge on any atom is 0.306 e. The Hall–Kier alpha value is -1.76. The van der Waals surface area contributed by atoms with Gasteiger partial charge in [-0.15, -0.1) is 0 Å². The van der Waals surface area contributed by atoms with Crippen molar-refractivity contribution in [3.05, 3.63) is 12.2 Å². The van der Waals surface area contributed by atoms with E-state index in [0.29, 0.717) is 12.8 Å². The summed E-state index contributed by atoms with van der Waals surface area (Å²) in [7, 11) is 0. The van der Waals surface area contributed by atoms with Crippen molar-refractivity contribution < 1.29 is 73.8 Å². The van der Waals surface area contributed by atoms with Crippen LogP contribution in [0.5, 0.6) is 0 Å². The largest absolute Gasteiger partial charge is 0.462 e. The molecule has 0 radical (unpaired) electrons. The van der Waals surface area contributed by atoms with Crippen molar-refractivity contribution in [3.8, 4) is 0 Å². The van der Waals surface area contributed by atoms with Crippen molar-refractivity contribution in [1.82, 2.24) is 0 Å². The van der Waals surface area contributed by atoms with Gasteiger partial charge in [-0.05, 0) is 38.5 Å². The van der Waals surface area contributed by atoms with E-state index in [9.17, 15) is 45.3 Å². The van der Waals surface area contributed by atoms with Crippen molar-refractivity contribution >= 4 is 11.9 Å². The third-order valence-electron chi connectivity index (χ3n) is 10.7. The average molecular weight is 835 g/mol. The lowest BCUT2D eigenvalue weighted by Gasteiger charge is -2.42. The molecule has 2 aliphatic rings. The molecule has 0 spiro atoms. The van der Waals surface area contributed by atoms with Gasteiger partial charge in [0.05, 0.1) is 19.8 Å². The molecule has 0 bridgehead atoms. The number of esters is 2. The van der Waals surface area contributed by atoms with Crippen molar-refractivity contribution in [2.75, 3.05) is 26.4 Å². The summed E-state index contributed by atoms with van der Waals surface area (Å²) in [6.45, 7) is 2.51. The maximum atomic E-state index is 12.9. The molecular formula is C43H78O15. The van der Waals surface area contributed by atoms with Crippen LogP contribution in [0.15, 0.2) is 12.2 Å². The molecule has 2 rings (SSSR count). The zero-order valence-electron chi connectivity index (χ0n) is 35.3. The van der Waals surface area contributed by atoms with Crippen LogP contribution in [0, 0.1) is 0 Å². The molecule has 15 heteroatoms. The summed E-state index contributed by atoms with van der Waals surface area (Å²) in [5.74, 6) is -0.937. The van der Waals surface area contributed by atoms with Crippen LogP contribution in [0.3, 0.4) is 0 Å². The molecule has 2 saturated heterocycles. The van der Waals surface area contributed by atoms with E-state index >= 15 is 0 Å². The fourth-order valence-corrected chi connectivity index (χ4v) is 6.97. The number of aliphatic hydroxyl groups is 7. The van der Waals surface area contributed by atoms with Crippen LogP contribution < -0.4 is 0 Å². The summed E-state index contributed by atoms with van der Waals surface area (Å²) < 4.78 is 33.4. The molecule has 0 saturated carbocycles. The number of aliphatic hydroxyl groups excluding tert-OH is 7. The van der Waals surface area contributed by atoms with Crippen LogP contribution in [-0.4, -0.2) is 142 Å². The first-order valence-electron chi connectivity index (χ1n) is 22.3. The molecule has 15 nitrogen and oxygen atoms in total. The minimum Gasteiger partial charge on any atom is -0.462 e. The van der Waals surface area contributed by atoms with Crippen LogP contribution in [0.1, 0.15) is 155 Å². The maximum absolute atomic E-state index is 12.9. The normalized spacial score (nSPS) is 28.2. The molecule has 11 atom stereocenters. The first-order valence-corrected chi connectivity index (χ1v) is 22.3. The number of carbonyl (C=O) groups excluding carboxylic acids is 2. The molecule has 58 heavy (non-hydrogen) atoms. The second kappa shape index (κ2) is 32.0. The predicted octanol–water partition coefficient (Wildman–Crippen LogP) is 4.26. The van der Waals surface area contributed by atoms with Crippen LogP contribution in [0.25, 0.3) is 0 Å². The first kappa shape index (κ1) is 52.4. The summed E-state index contributed by atoms with van der Waals surface area (Å²) in [4.78, 5) is 25.5. The van der Waals surface area contributed by atoms with E-state index in [1.165, 1.54) is 57.8 Å². The quantitative estimate of drug-likeness (QED) is 0.0278. The van der Waals surface area contributed by atoms with Gasteiger partial charge in [0.1, 0.15) is 55.4 Å². The minimum atomic E-state index is -1.76. The molecular weight excluding hydrogens is 756 g/mol. The molecule has 0 aromatic heterocycles. The Balaban J connectivity index is 1.86. The van der Waals surface area contributed by atoms with Crippen molar-refractivity contribution in [3.63, 3.8) is 0 Å². The van der Waals surface area contributed by atoms with Gasteiger partial charge in [-0.25, -0.2) is 0 Å². The van der Waals surface area contributed by atoms with E-state index in [0.717, 1.165) is 57.8 Å². The summed E-state index contributed by atoms with van der Waals surface area (Å²) in [5, 5.41) is 71.7. The second-order valence-corrected chi connectivity index (χ2v) is 15.9. The molecule has 7 N–H and O–H groups in total. The summed E-state index contributed by atoms with van der Waals surface area (Å²) in [6.07, 6.45) is 9.89. The number of hydrogen-bond donors (Lipinski definition) is 7. The zero-order chi connectivity index (χ0) is 42.5. The van der Waals surface area contributed by atoms with E-state index in [1.807, 2.05) is 0 Å². The minimum absolute atomic E-state index is 0.158. The zero-order valence-corrected chi connectivity index (χ0v) is 35.3. The van der Waals surface area contributed by atoms with Gasteiger partial charge in [-0.2, -0.15) is 0 Å². The monoisotopic (exact) mass is 835 g/mol. The summed E-state index contributed by atoms with van der Waals surface area (Å²) in [6, 6.07) is 0. The second-order valence-electron chi connectivity index (χ2n) is 15.9. The van der Waals surface area contributed by atoms with E-state index in [4.69, 9.17) is 28.4 Å². The Kier molecular flexibility index (Phi) is 28.9. The molecule has 2 fully saturated rings. The van der Waals surface area contributed by atoms with Gasteiger partial charge < -0.3 is 64.2 Å². The van der Waals surface area contributed by atoms with Crippen molar-refractivity contribution in [1.29, 1.82) is 0 Å². The fraction of sp³-hybridized carbons (Fsp3) is 0.907. The molecule has 340 valence electrons. The lowest BCUT2D eigenvalue weighted by Crippen LogP contribution is -2.61. The van der Waals surface area contributed by atoms with Crippen LogP contribution in [0.4, 0.5) is 0 Å². The SMILES string of the molecule is CCCCCCC/C=C\CCCCCCCC(=O)OC(COC(=O)CCCCCCCCCC)COC1OC(COC2OC(CO)C(O)C(O)C2O)C(O)C(O)C1O. The highest BCUT2D eigenvalue weighted by molar-refractivity contribution is 5.70. The van der Waals surface area contributed by atoms with Gasteiger partial charge in [0.2, 0.25) is 0 Å². The fourth-order valence-electron chi connectivity index (χ4n) is 6.97. The molecule has 0 aromatic rings. The number of unbranched alkanes of at least 4 members (excludes halogenated alkanes) is 17. The highest BCUT2D eigenvalue weighted by atomic mass is 16.7. The average Bonchev–Trinajstić information content (AvgIpc) is 3.21. The topological polar surface area (TPSA) is 231 Å². The number of rotatable bonds is 33. The highest BCUT2D eigenvalue weighted by Crippen LogP contribution is 2.26. The van der Waals surface area contributed by atoms with Gasteiger partial charge in [0.25, 0.3) is 0 Å². The molecule has 2 heterocycles. The molecule has 0 aromatic carbocycles. The number of hydrogen-bond acceptors (Lipinski definition) is 15. The van der Waals surface area contributed by atoms with Gasteiger partial charge in [0.15, 0.2) is 18.7 Å². The number of carbonyl (C=O) groups is 2. The van der Waals surface area contributed by atoms with Gasteiger partial charge in [0, 0.05) is 12.8 Å². The Morgan fingerprint density at radius 2 is 0.983 bits per heavy atom. The van der Waals surface area contributed by atoms with Gasteiger partial charge in [-0.3, -0.25) is 9.59 Å². The lowest BCUT2D eigenvalue weighted by molar-refractivity contribution is -0.332. The smallest absolute Gasteiger partial charge is 0.306 e. The van der Waals surface area contributed by atoms with E-state index in [1.54, 1.807) is 0 Å². The van der Waals surface area contributed by atoms with E-state index in [-0.39, 0.29) is 26.1 Å². The number of allylic oxidation sites excluding steroid dienone is 2. The van der Waals surface area contributed by atoms with E-state index in [2.05, 4.69) is 26.0 Å². The predicted molar refractivity (Wildman–Crippen MR) is 215 cm³/mol. The first-order chi connectivity index (χ1) is 28.0. The Morgan fingerprint density at radius 1 is 0.534 bits per heavy atom. The van der Waals surface area contributed by atoms with Crippen LogP contribution >= 0.6 is 0 Å². The molecule has 11 unspecified atom stereocenters. The van der Waals surface area contributed by atoms with Crippen LogP contribution in [-0.2, 0) is 38.0 Å². The van der Waals surface area contributed by atoms with Crippen molar-refractivity contribution in [2.24, 2.45) is 0 Å². The summed E-state index contributed by atoms with van der Waals surface area (Å²) in [5.41, 5.74) is 0. The third kappa shape index (κ3) is 21.2. The molecule has 0 amide bonds. The number of ether oxygens (including phenoxy) is 6. The highest BCUT2D eigenvalue weighted by Gasteiger charge is 2.47. The third-order valence-corrected chi connectivity index (χ3v) is 10.7. The Morgan fingerprint density at radius 3 is 1.52 bits per heavy atom. The van der Waals surface area contributed by atoms with E-state index < -0.39 is 92.7 Å². The standard InChI is InChI=1S/C43H78O15/c1-3-5-7-9-11-13-14-15-16-17-18-20-22-24-26-35(46)56-31(28-53-34(45)25-23-21-19-12-10-8-6-4-2)29-54-42-41(52)39(50)37(48)33(58-42)30-55-43-40(51)38(49)36(47)32(27-44)57-43/h14-15,31-33,36-44,47-52H,3-13,16-30H2,1-2H3/b15-14-. The van der Waals surface area contributed by atoms with Gasteiger partial charge in [-0.1, -0.05) is 116 Å². The summed E-state index contributed by atoms with van der Waals surface area (Å²) >= 11 is 0. The Bertz CT molecular complexity index is 1080. The molecule has 2 aliphatic heterocycles. The lowest BCUT2D eigenvalue weighted by atomic mass is 9.98. The molecule has 0 aliphatic carbocycles. The van der Waals surface area contributed by atoms with Gasteiger partial charge >= 0.3 is 11.9 Å². The van der Waals surface area contributed by atoms with Crippen molar-refractivity contribution in [2.45, 2.75) is 223 Å². The van der Waals surface area contributed by atoms with Crippen LogP contribution in [0.2, 0.25) is 0 Å². The Labute approximate surface area is 346 Å².